The van der Waals surface area contributed by atoms with Crippen LogP contribution in [0.1, 0.15) is 5.56 Å². The fourth-order valence-corrected chi connectivity index (χ4v) is 5.11. The maximum Gasteiger partial charge on any atom is 0.268 e. The first-order valence-corrected chi connectivity index (χ1v) is 11.5. The lowest BCUT2D eigenvalue weighted by atomic mass is 10.1. The Labute approximate surface area is 185 Å². The average Bonchev–Trinajstić information content (AvgIpc) is 3.20. The molecule has 0 radical (unpaired) electrons. The zero-order valence-electron chi connectivity index (χ0n) is 15.7. The van der Waals surface area contributed by atoms with Crippen molar-refractivity contribution in [2.24, 2.45) is 0 Å². The van der Waals surface area contributed by atoms with Crippen LogP contribution in [-0.4, -0.2) is 12.4 Å². The van der Waals surface area contributed by atoms with Crippen molar-refractivity contribution in [2.75, 3.05) is 0 Å². The summed E-state index contributed by atoms with van der Waals surface area (Å²) in [5.41, 5.74) is 0.286. The molecule has 0 aliphatic carbocycles. The molecule has 0 atom stereocenters. The van der Waals surface area contributed by atoms with E-state index in [4.69, 9.17) is 11.3 Å². The van der Waals surface area contributed by atoms with Gasteiger partial charge in [-0.15, -0.1) is 0 Å². The van der Waals surface area contributed by atoms with Gasteiger partial charge in [0.05, 0.1) is 17.0 Å². The number of fused-ring (bicyclic) bond motifs is 1. The molecule has 0 spiro atoms. The van der Waals surface area contributed by atoms with Gasteiger partial charge in [-0.1, -0.05) is 34.1 Å². The summed E-state index contributed by atoms with van der Waals surface area (Å²) in [7, 11) is -3.93. The van der Waals surface area contributed by atoms with Crippen LogP contribution in [-0.2, 0) is 15.4 Å². The van der Waals surface area contributed by atoms with Gasteiger partial charge in [-0.2, -0.15) is 0 Å². The summed E-state index contributed by atoms with van der Waals surface area (Å²) in [5, 5.41) is 0.642. The molecule has 5 nitrogen and oxygen atoms in total. The number of halogens is 3. The van der Waals surface area contributed by atoms with Crippen molar-refractivity contribution in [2.45, 2.75) is 10.2 Å². The third-order valence-corrected chi connectivity index (χ3v) is 6.93. The van der Waals surface area contributed by atoms with Crippen molar-refractivity contribution >= 4 is 42.5 Å². The molecule has 0 unspecified atom stereocenters. The molecule has 0 saturated carbocycles. The Morgan fingerprint density at radius 2 is 1.77 bits per heavy atom. The summed E-state index contributed by atoms with van der Waals surface area (Å²) in [6.07, 6.45) is 1.36. The van der Waals surface area contributed by atoms with E-state index in [-0.39, 0.29) is 32.9 Å². The summed E-state index contributed by atoms with van der Waals surface area (Å²) in [6.45, 7) is 7.01. The minimum absolute atomic E-state index is 0.0756. The number of ether oxygens (including phenoxy) is 1. The molecule has 0 amide bonds. The third kappa shape index (κ3) is 3.69. The minimum Gasteiger partial charge on any atom is -0.455 e. The normalized spacial score (nSPS) is 11.4. The van der Waals surface area contributed by atoms with Gasteiger partial charge < -0.3 is 4.74 Å². The lowest BCUT2D eigenvalue weighted by molar-refractivity contribution is 0.439. The number of nitrogens with zero attached hydrogens (tertiary/aromatic N) is 2. The Hall–Kier alpha value is -3.22. The second kappa shape index (κ2) is 8.13. The molecule has 1 aromatic heterocycles. The van der Waals surface area contributed by atoms with Crippen LogP contribution in [0.15, 0.2) is 71.8 Å². The summed E-state index contributed by atoms with van der Waals surface area (Å²) < 4.78 is 61.4. The van der Waals surface area contributed by atoms with Crippen molar-refractivity contribution < 1.29 is 21.9 Å². The van der Waals surface area contributed by atoms with E-state index in [1.165, 1.54) is 30.5 Å². The Balaban J connectivity index is 1.86. The number of hydrogen-bond acceptors (Lipinski definition) is 3. The number of alkyl halides is 1. The number of rotatable bonds is 5. The summed E-state index contributed by atoms with van der Waals surface area (Å²) in [4.78, 5) is 3.14. The first-order valence-electron chi connectivity index (χ1n) is 8.90. The average molecular weight is 503 g/mol. The molecule has 4 aromatic rings. The van der Waals surface area contributed by atoms with Crippen LogP contribution in [0, 0.1) is 18.2 Å². The number of hydrogen-bond donors (Lipinski definition) is 0. The topological polar surface area (TPSA) is 52.7 Å². The molecule has 4 rings (SSSR count). The fourth-order valence-electron chi connectivity index (χ4n) is 3.19. The van der Waals surface area contributed by atoms with Gasteiger partial charge in [0, 0.05) is 28.5 Å². The maximum absolute atomic E-state index is 15.1. The van der Waals surface area contributed by atoms with Gasteiger partial charge in [0.25, 0.3) is 10.0 Å². The molecular weight excluding hydrogens is 490 g/mol. The SMILES string of the molecule is [C-]#[N+]c1cc(Oc2c(F)cc3c(ccn3S(=O)(=O)c3ccccc3)c2CBr)ccc1F. The first-order chi connectivity index (χ1) is 14.9. The molecule has 0 aliphatic rings. The minimum atomic E-state index is -3.93. The van der Waals surface area contributed by atoms with Crippen LogP contribution in [0.2, 0.25) is 0 Å². The van der Waals surface area contributed by atoms with E-state index >= 15 is 4.39 Å². The van der Waals surface area contributed by atoms with Crippen molar-refractivity contribution in [1.82, 2.24) is 3.97 Å². The highest BCUT2D eigenvalue weighted by atomic mass is 79.9. The number of aromatic nitrogens is 1. The molecule has 0 N–H and O–H groups in total. The molecule has 3 aromatic carbocycles. The van der Waals surface area contributed by atoms with E-state index in [0.29, 0.717) is 10.9 Å². The van der Waals surface area contributed by atoms with Crippen LogP contribution in [0.4, 0.5) is 14.5 Å². The Kier molecular flexibility index (Phi) is 5.52. The van der Waals surface area contributed by atoms with E-state index in [1.807, 2.05) is 0 Å². The third-order valence-electron chi connectivity index (χ3n) is 4.66. The molecule has 1 heterocycles. The van der Waals surface area contributed by atoms with Gasteiger partial charge in [0.15, 0.2) is 11.6 Å². The molecule has 0 fully saturated rings. The van der Waals surface area contributed by atoms with E-state index in [1.54, 1.807) is 24.3 Å². The molecule has 156 valence electrons. The predicted molar refractivity (Wildman–Crippen MR) is 116 cm³/mol. The van der Waals surface area contributed by atoms with E-state index in [9.17, 15) is 12.8 Å². The highest BCUT2D eigenvalue weighted by Crippen LogP contribution is 2.38. The smallest absolute Gasteiger partial charge is 0.268 e. The summed E-state index contributed by atoms with van der Waals surface area (Å²) in [6, 6.07) is 14.0. The van der Waals surface area contributed by atoms with Crippen LogP contribution in [0.3, 0.4) is 0 Å². The van der Waals surface area contributed by atoms with Crippen LogP contribution in [0.5, 0.6) is 11.5 Å². The predicted octanol–water partition coefficient (Wildman–Crippen LogP) is 6.39. The van der Waals surface area contributed by atoms with Crippen molar-refractivity contribution in [3.8, 4) is 11.5 Å². The lowest BCUT2D eigenvalue weighted by Crippen LogP contribution is -2.12. The molecular formula is C22H13BrF2N2O3S. The molecule has 0 saturated heterocycles. The molecule has 0 bridgehead atoms. The molecule has 31 heavy (non-hydrogen) atoms. The van der Waals surface area contributed by atoms with Crippen molar-refractivity contribution in [3.05, 3.63) is 95.5 Å². The second-order valence-electron chi connectivity index (χ2n) is 6.49. The second-order valence-corrected chi connectivity index (χ2v) is 8.86. The highest BCUT2D eigenvalue weighted by molar-refractivity contribution is 9.08. The molecule has 0 aliphatic heterocycles. The van der Waals surface area contributed by atoms with E-state index in [0.717, 1.165) is 16.1 Å². The molecule has 9 heteroatoms. The largest absolute Gasteiger partial charge is 0.455 e. The standard InChI is InChI=1S/C22H13BrF2N2O3S/c1-26-20-11-14(7-8-18(20)24)30-22-17(13-23)16-9-10-27(21(16)12-19(22)25)31(28,29)15-5-3-2-4-6-15/h2-12H,13H2. The van der Waals surface area contributed by atoms with Gasteiger partial charge in [0.1, 0.15) is 11.6 Å². The Bertz CT molecular complexity index is 1450. The lowest BCUT2D eigenvalue weighted by Gasteiger charge is -2.14. The van der Waals surface area contributed by atoms with E-state index in [2.05, 4.69) is 20.8 Å². The van der Waals surface area contributed by atoms with Gasteiger partial charge in [-0.25, -0.2) is 26.0 Å². The van der Waals surface area contributed by atoms with Crippen molar-refractivity contribution in [3.63, 3.8) is 0 Å². The van der Waals surface area contributed by atoms with Gasteiger partial charge in [-0.05, 0) is 36.4 Å². The Morgan fingerprint density at radius 1 is 1.03 bits per heavy atom. The van der Waals surface area contributed by atoms with Gasteiger partial charge >= 0.3 is 0 Å². The Morgan fingerprint density at radius 3 is 2.45 bits per heavy atom. The summed E-state index contributed by atoms with van der Waals surface area (Å²) in [5.74, 6) is -1.55. The summed E-state index contributed by atoms with van der Waals surface area (Å²) >= 11 is 3.31. The van der Waals surface area contributed by atoms with Crippen molar-refractivity contribution in [1.29, 1.82) is 0 Å². The van der Waals surface area contributed by atoms with E-state index < -0.39 is 21.7 Å². The number of benzene rings is 3. The fraction of sp³-hybridized carbons (Fsp3) is 0.0455. The monoisotopic (exact) mass is 502 g/mol. The highest BCUT2D eigenvalue weighted by Gasteiger charge is 2.23. The zero-order valence-corrected chi connectivity index (χ0v) is 18.1. The van der Waals surface area contributed by atoms with Gasteiger partial charge in [0.2, 0.25) is 5.69 Å². The zero-order chi connectivity index (χ0) is 22.2. The van der Waals surface area contributed by atoms with Gasteiger partial charge in [-0.3, -0.25) is 0 Å². The van der Waals surface area contributed by atoms with Crippen LogP contribution < -0.4 is 4.74 Å². The van der Waals surface area contributed by atoms with Crippen LogP contribution in [0.25, 0.3) is 15.7 Å². The first kappa shape index (κ1) is 21.0. The van der Waals surface area contributed by atoms with Crippen LogP contribution >= 0.6 is 15.9 Å². The maximum atomic E-state index is 15.1. The quantitative estimate of drug-likeness (QED) is 0.234.